The molecule has 1 saturated heterocycles. The maximum absolute atomic E-state index is 13.5. The number of nitrogens with zero attached hydrogens (tertiary/aromatic N) is 4. The second-order valence-electron chi connectivity index (χ2n) is 10.0. The molecule has 2 unspecified atom stereocenters. The highest BCUT2D eigenvalue weighted by atomic mass is 16.6. The van der Waals surface area contributed by atoms with Gasteiger partial charge in [0.15, 0.2) is 6.29 Å². The number of hydrogen-bond donors (Lipinski definition) is 2. The van der Waals surface area contributed by atoms with Crippen LogP contribution in [0, 0.1) is 11.3 Å². The second kappa shape index (κ2) is 9.37. The summed E-state index contributed by atoms with van der Waals surface area (Å²) in [6.07, 6.45) is 6.40. The number of rotatable bonds is 7. The lowest BCUT2D eigenvalue weighted by molar-refractivity contribution is -0.227. The summed E-state index contributed by atoms with van der Waals surface area (Å²) >= 11 is 0. The molecule has 0 spiro atoms. The molecule has 5 aliphatic rings. The van der Waals surface area contributed by atoms with Crippen molar-refractivity contribution in [3.63, 3.8) is 0 Å². The fourth-order valence-corrected chi connectivity index (χ4v) is 5.84. The quantitative estimate of drug-likeness (QED) is 0.545. The first-order valence-electron chi connectivity index (χ1n) is 12.6. The van der Waals surface area contributed by atoms with E-state index in [1.807, 2.05) is 6.07 Å². The number of hydrogen-bond acceptors (Lipinski definition) is 9. The molecule has 2 atom stereocenters. The Hall–Kier alpha value is -3.59. The van der Waals surface area contributed by atoms with Crippen LogP contribution in [-0.2, 0) is 19.8 Å². The van der Waals surface area contributed by atoms with Gasteiger partial charge in [-0.3, -0.25) is 15.0 Å². The first-order valence-corrected chi connectivity index (χ1v) is 12.6. The molecule has 7 rings (SSSR count). The largest absolute Gasteiger partial charge is 0.379 e. The average molecular weight is 505 g/mol. The van der Waals surface area contributed by atoms with Crippen LogP contribution >= 0.6 is 0 Å². The summed E-state index contributed by atoms with van der Waals surface area (Å²) in [6.45, 7) is 1.11. The molecule has 2 aromatic heterocycles. The van der Waals surface area contributed by atoms with Gasteiger partial charge in [0.25, 0.3) is 0 Å². The van der Waals surface area contributed by atoms with Crippen LogP contribution in [0.4, 0.5) is 22.1 Å². The van der Waals surface area contributed by atoms with Gasteiger partial charge in [-0.25, -0.2) is 14.8 Å². The van der Waals surface area contributed by atoms with Crippen LogP contribution in [0.5, 0.6) is 0 Å². The van der Waals surface area contributed by atoms with Crippen molar-refractivity contribution >= 4 is 29.6 Å². The molecule has 3 aliphatic heterocycles. The van der Waals surface area contributed by atoms with E-state index in [0.717, 1.165) is 24.8 Å². The maximum atomic E-state index is 13.5. The van der Waals surface area contributed by atoms with Crippen molar-refractivity contribution in [3.05, 3.63) is 41.2 Å². The summed E-state index contributed by atoms with van der Waals surface area (Å²) in [5.41, 5.74) is 1.50. The van der Waals surface area contributed by atoms with Crippen molar-refractivity contribution in [2.45, 2.75) is 62.0 Å². The Kier molecular flexibility index (Phi) is 6.03. The number of anilines is 3. The Morgan fingerprint density at radius 1 is 1.32 bits per heavy atom. The van der Waals surface area contributed by atoms with Gasteiger partial charge in [-0.05, 0) is 25.3 Å². The molecular weight excluding hydrogens is 476 g/mol. The molecule has 2 saturated carbocycles. The fraction of sp³-hybridized carbons (Fsp3) is 0.500. The van der Waals surface area contributed by atoms with Gasteiger partial charge in [0.1, 0.15) is 35.1 Å². The van der Waals surface area contributed by atoms with E-state index in [-0.39, 0.29) is 30.0 Å². The number of aldehydes is 1. The Balaban J connectivity index is 1.25. The topological polar surface area (TPSA) is 139 Å². The van der Waals surface area contributed by atoms with Crippen LogP contribution in [-0.4, -0.2) is 66.9 Å². The van der Waals surface area contributed by atoms with E-state index in [9.17, 15) is 14.9 Å². The summed E-state index contributed by atoms with van der Waals surface area (Å²) < 4.78 is 17.2. The minimum Gasteiger partial charge on any atom is -0.379 e. The number of ether oxygens (including phenoxy) is 3. The number of nitriles is 1. The highest BCUT2D eigenvalue weighted by molar-refractivity contribution is 6.03. The SMILES string of the molecule is COC1CCCC1Nc1cc(NC(=O)N2c3nc(C=O)ccc3C3(OC4COC4)CC2C3)ncc1C#N. The number of aromatic nitrogens is 2. The van der Waals surface area contributed by atoms with Gasteiger partial charge in [0.05, 0.1) is 36.6 Å². The molecule has 2 bridgehead atoms. The molecule has 11 heteroatoms. The van der Waals surface area contributed by atoms with E-state index in [1.165, 1.54) is 6.20 Å². The third-order valence-corrected chi connectivity index (χ3v) is 7.81. The summed E-state index contributed by atoms with van der Waals surface area (Å²) in [4.78, 5) is 35.4. The molecule has 3 fully saturated rings. The lowest BCUT2D eigenvalue weighted by atomic mass is 9.67. The third kappa shape index (κ3) is 4.11. The van der Waals surface area contributed by atoms with Crippen LogP contribution in [0.3, 0.4) is 0 Å². The molecule has 2 aromatic rings. The number of pyridine rings is 2. The van der Waals surface area contributed by atoms with Crippen molar-refractivity contribution < 1.29 is 23.8 Å². The Labute approximate surface area is 214 Å². The van der Waals surface area contributed by atoms with E-state index in [1.54, 1.807) is 24.1 Å². The average Bonchev–Trinajstić information content (AvgIpc) is 3.32. The van der Waals surface area contributed by atoms with Crippen LogP contribution in [0.25, 0.3) is 0 Å². The van der Waals surface area contributed by atoms with Crippen LogP contribution < -0.4 is 15.5 Å². The molecule has 37 heavy (non-hydrogen) atoms. The predicted molar refractivity (Wildman–Crippen MR) is 133 cm³/mol. The van der Waals surface area contributed by atoms with E-state index >= 15 is 0 Å². The summed E-state index contributed by atoms with van der Waals surface area (Å²) in [6, 6.07) is 6.86. The standard InChI is InChI=1S/C26H28N6O5/c1-35-22-4-2-3-20(22)30-21-7-23(28-11-15(21)10-27)31-25(34)32-17-8-26(9-17,37-18-13-36-14-18)19-6-5-16(12-33)29-24(19)32/h5-7,11-12,17-18,20,22H,2-4,8-9,13-14H2,1H3,(H2,28,30,31,34). The number of carbonyl (C=O) groups excluding carboxylic acids is 2. The lowest BCUT2D eigenvalue weighted by Gasteiger charge is -2.57. The summed E-state index contributed by atoms with van der Waals surface area (Å²) in [5, 5.41) is 15.9. The minimum atomic E-state index is -0.525. The van der Waals surface area contributed by atoms with Crippen molar-refractivity contribution in [1.29, 1.82) is 5.26 Å². The van der Waals surface area contributed by atoms with Gasteiger partial charge in [0.2, 0.25) is 0 Å². The summed E-state index contributed by atoms with van der Waals surface area (Å²) in [5.74, 6) is 0.733. The summed E-state index contributed by atoms with van der Waals surface area (Å²) in [7, 11) is 1.69. The zero-order chi connectivity index (χ0) is 25.6. The number of nitrogens with one attached hydrogen (secondary N) is 2. The highest BCUT2D eigenvalue weighted by Crippen LogP contribution is 2.56. The van der Waals surface area contributed by atoms with Gasteiger partial charge in [-0.15, -0.1) is 0 Å². The van der Waals surface area contributed by atoms with Crippen molar-refractivity contribution in [2.75, 3.05) is 35.9 Å². The molecule has 5 heterocycles. The van der Waals surface area contributed by atoms with Gasteiger partial charge >= 0.3 is 6.03 Å². The molecule has 2 N–H and O–H groups in total. The first kappa shape index (κ1) is 23.8. The normalized spacial score (nSPS) is 27.9. The van der Waals surface area contributed by atoms with E-state index < -0.39 is 11.6 Å². The minimum absolute atomic E-state index is 0.0197. The fourth-order valence-electron chi connectivity index (χ4n) is 5.84. The zero-order valence-corrected chi connectivity index (χ0v) is 20.5. The third-order valence-electron chi connectivity index (χ3n) is 7.81. The van der Waals surface area contributed by atoms with Crippen LogP contribution in [0.2, 0.25) is 0 Å². The van der Waals surface area contributed by atoms with Gasteiger partial charge in [0, 0.05) is 43.8 Å². The number of methoxy groups -OCH3 is 1. The number of carbonyl (C=O) groups is 2. The number of amides is 2. The molecule has 2 aliphatic carbocycles. The van der Waals surface area contributed by atoms with Crippen LogP contribution in [0.15, 0.2) is 24.4 Å². The smallest absolute Gasteiger partial charge is 0.328 e. The highest BCUT2D eigenvalue weighted by Gasteiger charge is 2.58. The second-order valence-corrected chi connectivity index (χ2v) is 10.0. The monoisotopic (exact) mass is 504 g/mol. The van der Waals surface area contributed by atoms with Gasteiger partial charge in [-0.1, -0.05) is 6.07 Å². The molecular formula is C26H28N6O5. The number of urea groups is 1. The van der Waals surface area contributed by atoms with Crippen molar-refractivity contribution in [1.82, 2.24) is 9.97 Å². The molecule has 0 radical (unpaired) electrons. The van der Waals surface area contributed by atoms with E-state index in [0.29, 0.717) is 55.2 Å². The Bertz CT molecular complexity index is 1270. The lowest BCUT2D eigenvalue weighted by Crippen LogP contribution is -2.64. The van der Waals surface area contributed by atoms with E-state index in [4.69, 9.17) is 14.2 Å². The van der Waals surface area contributed by atoms with Crippen molar-refractivity contribution in [2.24, 2.45) is 0 Å². The van der Waals surface area contributed by atoms with Gasteiger partial charge < -0.3 is 19.5 Å². The van der Waals surface area contributed by atoms with Crippen molar-refractivity contribution in [3.8, 4) is 6.07 Å². The van der Waals surface area contributed by atoms with Crippen LogP contribution in [0.1, 0.15) is 53.7 Å². The maximum Gasteiger partial charge on any atom is 0.328 e. The Morgan fingerprint density at radius 3 is 2.86 bits per heavy atom. The first-order chi connectivity index (χ1) is 18.0. The Morgan fingerprint density at radius 2 is 2.16 bits per heavy atom. The molecule has 0 aromatic carbocycles. The zero-order valence-electron chi connectivity index (χ0n) is 20.5. The van der Waals surface area contributed by atoms with Gasteiger partial charge in [-0.2, -0.15) is 5.26 Å². The molecule has 11 nitrogen and oxygen atoms in total. The van der Waals surface area contributed by atoms with E-state index in [2.05, 4.69) is 26.7 Å². The molecule has 2 amide bonds. The molecule has 192 valence electrons. The predicted octanol–water partition coefficient (Wildman–Crippen LogP) is 2.97.